The second kappa shape index (κ2) is 8.51. The minimum absolute atomic E-state index is 0.0500. The molecule has 4 rings (SSSR count). The molecule has 6 nitrogen and oxygen atoms in total. The van der Waals surface area contributed by atoms with Crippen LogP contribution in [0.4, 0.5) is 0 Å². The number of thiazole rings is 1. The highest BCUT2D eigenvalue weighted by molar-refractivity contribution is 7.12. The van der Waals surface area contributed by atoms with Gasteiger partial charge in [-0.3, -0.25) is 14.7 Å². The van der Waals surface area contributed by atoms with E-state index in [-0.39, 0.29) is 17.9 Å². The normalized spacial score (nSPS) is 10.9. The van der Waals surface area contributed by atoms with E-state index in [0.717, 1.165) is 16.8 Å². The van der Waals surface area contributed by atoms with Crippen LogP contribution in [0.15, 0.2) is 70.8 Å². The summed E-state index contributed by atoms with van der Waals surface area (Å²) in [6.45, 7) is 2.31. The number of nitrogens with one attached hydrogen (secondary N) is 1. The average molecular weight is 419 g/mol. The van der Waals surface area contributed by atoms with E-state index in [2.05, 4.69) is 10.1 Å². The highest BCUT2D eigenvalue weighted by atomic mass is 32.1. The molecule has 7 heteroatoms. The minimum atomic E-state index is -0.233. The summed E-state index contributed by atoms with van der Waals surface area (Å²) in [5.74, 6) is -0.102. The first-order valence-electron chi connectivity index (χ1n) is 9.62. The number of H-pyrrole nitrogens is 1. The maximum atomic E-state index is 13.0. The molecular weight excluding hydrogens is 396 g/mol. The molecule has 1 N–H and O–H groups in total. The smallest absolute Gasteiger partial charge is 0.277 e. The number of aryl methyl sites for hydroxylation is 1. The van der Waals surface area contributed by atoms with Gasteiger partial charge in [0, 0.05) is 35.8 Å². The Morgan fingerprint density at radius 2 is 1.77 bits per heavy atom. The lowest BCUT2D eigenvalue weighted by molar-refractivity contribution is -0.129. The Labute approximate surface area is 178 Å². The number of aromatic amines is 1. The second-order valence-corrected chi connectivity index (χ2v) is 7.99. The summed E-state index contributed by atoms with van der Waals surface area (Å²) in [5.41, 5.74) is 3.77. The molecule has 152 valence electrons. The van der Waals surface area contributed by atoms with E-state index in [9.17, 15) is 9.59 Å². The van der Waals surface area contributed by atoms with Crippen molar-refractivity contribution in [3.8, 4) is 16.4 Å². The highest BCUT2D eigenvalue weighted by Gasteiger charge is 2.19. The lowest BCUT2D eigenvalue weighted by Gasteiger charge is -2.16. The van der Waals surface area contributed by atoms with Crippen LogP contribution in [0.2, 0.25) is 0 Å². The Bertz CT molecular complexity index is 1210. The van der Waals surface area contributed by atoms with Crippen molar-refractivity contribution in [1.82, 2.24) is 19.7 Å². The standard InChI is InChI=1S/C23H22N4O2S/c1-16-19(13-21(28)26(2)14-17-9-5-3-6-10-17)22(29)27(25-16)23-24-20(15-30-23)18-11-7-4-8-12-18/h3-12,15,25H,13-14H2,1-2H3. The van der Waals surface area contributed by atoms with Crippen LogP contribution in [-0.4, -0.2) is 32.6 Å². The minimum Gasteiger partial charge on any atom is -0.341 e. The maximum absolute atomic E-state index is 13.0. The lowest BCUT2D eigenvalue weighted by atomic mass is 10.1. The van der Waals surface area contributed by atoms with Crippen LogP contribution in [0.1, 0.15) is 16.8 Å². The van der Waals surface area contributed by atoms with Crippen molar-refractivity contribution in [3.05, 3.63) is 93.2 Å². The number of benzene rings is 2. The van der Waals surface area contributed by atoms with Crippen molar-refractivity contribution >= 4 is 17.2 Å². The van der Waals surface area contributed by atoms with E-state index >= 15 is 0 Å². The first-order valence-corrected chi connectivity index (χ1v) is 10.5. The molecule has 30 heavy (non-hydrogen) atoms. The van der Waals surface area contributed by atoms with Crippen molar-refractivity contribution < 1.29 is 4.79 Å². The molecule has 0 fully saturated rings. The molecule has 0 bridgehead atoms. The fraction of sp³-hybridized carbons (Fsp3) is 0.174. The zero-order valence-electron chi connectivity index (χ0n) is 16.8. The lowest BCUT2D eigenvalue weighted by Crippen LogP contribution is -2.30. The summed E-state index contributed by atoms with van der Waals surface area (Å²) < 4.78 is 1.42. The highest BCUT2D eigenvalue weighted by Crippen LogP contribution is 2.23. The monoisotopic (exact) mass is 418 g/mol. The van der Waals surface area contributed by atoms with Gasteiger partial charge < -0.3 is 4.90 Å². The number of hydrogen-bond acceptors (Lipinski definition) is 4. The van der Waals surface area contributed by atoms with E-state index in [1.54, 1.807) is 11.9 Å². The Morgan fingerprint density at radius 3 is 2.47 bits per heavy atom. The molecule has 0 unspecified atom stereocenters. The van der Waals surface area contributed by atoms with E-state index in [4.69, 9.17) is 0 Å². The summed E-state index contributed by atoms with van der Waals surface area (Å²) in [4.78, 5) is 31.9. The summed E-state index contributed by atoms with van der Waals surface area (Å²) in [5, 5.41) is 5.55. The van der Waals surface area contributed by atoms with E-state index in [1.807, 2.05) is 73.0 Å². The van der Waals surface area contributed by atoms with Gasteiger partial charge in [0.15, 0.2) is 0 Å². The third kappa shape index (κ3) is 4.11. The summed E-state index contributed by atoms with van der Waals surface area (Å²) in [7, 11) is 1.75. The fourth-order valence-electron chi connectivity index (χ4n) is 3.26. The van der Waals surface area contributed by atoms with Crippen LogP contribution in [0.3, 0.4) is 0 Å². The van der Waals surface area contributed by atoms with Crippen LogP contribution < -0.4 is 5.56 Å². The van der Waals surface area contributed by atoms with Gasteiger partial charge in [-0.1, -0.05) is 60.7 Å². The second-order valence-electron chi connectivity index (χ2n) is 7.15. The predicted octanol–water partition coefficient (Wildman–Crippen LogP) is 3.80. The van der Waals surface area contributed by atoms with Gasteiger partial charge in [0.2, 0.25) is 11.0 Å². The number of carbonyl (C=O) groups is 1. The van der Waals surface area contributed by atoms with Gasteiger partial charge >= 0.3 is 0 Å². The predicted molar refractivity (Wildman–Crippen MR) is 119 cm³/mol. The molecule has 2 heterocycles. The summed E-state index contributed by atoms with van der Waals surface area (Å²) in [6, 6.07) is 19.6. The van der Waals surface area contributed by atoms with Crippen molar-refractivity contribution in [1.29, 1.82) is 0 Å². The Hall–Kier alpha value is -3.45. The van der Waals surface area contributed by atoms with Gasteiger partial charge in [-0.2, -0.15) is 4.68 Å². The fourth-order valence-corrected chi connectivity index (χ4v) is 4.06. The van der Waals surface area contributed by atoms with E-state index in [0.29, 0.717) is 22.9 Å². The third-order valence-electron chi connectivity index (χ3n) is 4.96. The van der Waals surface area contributed by atoms with Gasteiger partial charge in [-0.25, -0.2) is 4.98 Å². The molecule has 0 spiro atoms. The van der Waals surface area contributed by atoms with Crippen molar-refractivity contribution in [2.75, 3.05) is 7.05 Å². The molecule has 0 aliphatic carbocycles. The molecule has 1 amide bonds. The number of aromatic nitrogens is 3. The number of carbonyl (C=O) groups excluding carboxylic acids is 1. The van der Waals surface area contributed by atoms with E-state index in [1.165, 1.54) is 16.0 Å². The topological polar surface area (TPSA) is 71.0 Å². The van der Waals surface area contributed by atoms with Crippen LogP contribution in [-0.2, 0) is 17.8 Å². The maximum Gasteiger partial charge on any atom is 0.277 e. The number of rotatable bonds is 6. The Balaban J connectivity index is 1.53. The average Bonchev–Trinajstić information content (AvgIpc) is 3.35. The van der Waals surface area contributed by atoms with Gasteiger partial charge in [0.1, 0.15) is 0 Å². The van der Waals surface area contributed by atoms with Crippen molar-refractivity contribution in [2.24, 2.45) is 0 Å². The van der Waals surface area contributed by atoms with Gasteiger partial charge in [-0.05, 0) is 12.5 Å². The molecule has 0 saturated carbocycles. The van der Waals surface area contributed by atoms with Gasteiger partial charge in [0.05, 0.1) is 12.1 Å². The third-order valence-corrected chi connectivity index (χ3v) is 5.79. The molecule has 2 aromatic heterocycles. The zero-order chi connectivity index (χ0) is 21.1. The Kier molecular flexibility index (Phi) is 5.63. The van der Waals surface area contributed by atoms with Crippen molar-refractivity contribution in [2.45, 2.75) is 19.9 Å². The van der Waals surface area contributed by atoms with Gasteiger partial charge in [-0.15, -0.1) is 11.3 Å². The zero-order valence-corrected chi connectivity index (χ0v) is 17.6. The number of amides is 1. The SMILES string of the molecule is Cc1[nH]n(-c2nc(-c3ccccc3)cs2)c(=O)c1CC(=O)N(C)Cc1ccccc1. The molecule has 0 radical (unpaired) electrons. The molecule has 4 aromatic rings. The van der Waals surface area contributed by atoms with Crippen LogP contribution in [0.25, 0.3) is 16.4 Å². The van der Waals surface area contributed by atoms with Gasteiger partial charge in [0.25, 0.3) is 5.56 Å². The number of likely N-dealkylation sites (N-methyl/N-ethyl adjacent to an activating group) is 1. The molecule has 0 saturated heterocycles. The molecule has 2 aromatic carbocycles. The molecule has 0 atom stereocenters. The Morgan fingerprint density at radius 1 is 1.10 bits per heavy atom. The number of hydrogen-bond donors (Lipinski definition) is 1. The van der Waals surface area contributed by atoms with E-state index < -0.39 is 0 Å². The summed E-state index contributed by atoms with van der Waals surface area (Å²) >= 11 is 1.39. The molecule has 0 aliphatic heterocycles. The number of nitrogens with zero attached hydrogens (tertiary/aromatic N) is 3. The first-order chi connectivity index (χ1) is 14.5. The molecular formula is C23H22N4O2S. The largest absolute Gasteiger partial charge is 0.341 e. The van der Waals surface area contributed by atoms with Crippen molar-refractivity contribution in [3.63, 3.8) is 0 Å². The quantitative estimate of drug-likeness (QED) is 0.518. The van der Waals surface area contributed by atoms with Crippen LogP contribution in [0.5, 0.6) is 0 Å². The molecule has 0 aliphatic rings. The van der Waals surface area contributed by atoms with Crippen LogP contribution in [0, 0.1) is 6.92 Å². The van der Waals surface area contributed by atoms with Crippen LogP contribution >= 0.6 is 11.3 Å². The first kappa shape index (κ1) is 19.8. The summed E-state index contributed by atoms with van der Waals surface area (Å²) in [6.07, 6.45) is 0.0500.